The predicted octanol–water partition coefficient (Wildman–Crippen LogP) is 4.62. The second kappa shape index (κ2) is 8.09. The van der Waals surface area contributed by atoms with Crippen LogP contribution in [0.15, 0.2) is 30.3 Å². The Morgan fingerprint density at radius 1 is 1.04 bits per heavy atom. The third-order valence-electron chi connectivity index (χ3n) is 7.18. The average Bonchev–Trinajstić information content (AvgIpc) is 3.00. The van der Waals surface area contributed by atoms with Gasteiger partial charge in [0.15, 0.2) is 0 Å². The van der Waals surface area contributed by atoms with E-state index in [-0.39, 0.29) is 11.9 Å². The van der Waals surface area contributed by atoms with E-state index in [1.54, 1.807) is 0 Å². The lowest BCUT2D eigenvalue weighted by atomic mass is 9.79. The molecule has 0 atom stereocenters. The zero-order chi connectivity index (χ0) is 19.7. The quantitative estimate of drug-likeness (QED) is 0.570. The Labute approximate surface area is 168 Å². The van der Waals surface area contributed by atoms with Gasteiger partial charge in [-0.2, -0.15) is 5.26 Å². The number of carbonyl (C=O) groups excluding carboxylic acids is 1. The van der Waals surface area contributed by atoms with E-state index < -0.39 is 0 Å². The maximum absolute atomic E-state index is 13.0. The normalized spacial score (nSPS) is 28.0. The van der Waals surface area contributed by atoms with Crippen LogP contribution < -0.4 is 4.90 Å². The molecular weight excluding hydrogens is 346 g/mol. The summed E-state index contributed by atoms with van der Waals surface area (Å²) in [5, 5.41) is 9.09. The van der Waals surface area contributed by atoms with Crippen molar-refractivity contribution in [3.8, 4) is 6.07 Å². The predicted molar refractivity (Wildman–Crippen MR) is 113 cm³/mol. The van der Waals surface area contributed by atoms with Crippen molar-refractivity contribution in [1.29, 1.82) is 5.26 Å². The molecule has 4 nitrogen and oxygen atoms in total. The molecule has 0 spiro atoms. The summed E-state index contributed by atoms with van der Waals surface area (Å²) < 4.78 is 0. The smallest absolute Gasteiger partial charge is 0.259 e. The van der Waals surface area contributed by atoms with Crippen LogP contribution in [0.4, 0.5) is 5.69 Å². The summed E-state index contributed by atoms with van der Waals surface area (Å²) in [4.78, 5) is 17.7. The molecule has 0 radical (unpaired) electrons. The van der Waals surface area contributed by atoms with Gasteiger partial charge >= 0.3 is 0 Å². The SMILES string of the molecule is CC(C)C1CCC(N2CCC(N3C(=O)/C(=C\C#N)c4ccccc43)CC2)CC1. The number of amides is 1. The molecule has 1 saturated heterocycles. The molecule has 0 unspecified atom stereocenters. The Hall–Kier alpha value is -2.12. The zero-order valence-electron chi connectivity index (χ0n) is 17.1. The summed E-state index contributed by atoms with van der Waals surface area (Å²) >= 11 is 0. The second-order valence-corrected chi connectivity index (χ2v) is 8.96. The third-order valence-corrected chi connectivity index (χ3v) is 7.18. The molecule has 2 aliphatic heterocycles. The Balaban J connectivity index is 1.41. The minimum Gasteiger partial charge on any atom is -0.305 e. The fourth-order valence-electron chi connectivity index (χ4n) is 5.47. The zero-order valence-corrected chi connectivity index (χ0v) is 17.1. The highest BCUT2D eigenvalue weighted by atomic mass is 16.2. The molecule has 1 saturated carbocycles. The molecule has 4 rings (SSSR count). The van der Waals surface area contributed by atoms with Gasteiger partial charge in [-0.05, 0) is 56.4 Å². The summed E-state index contributed by atoms with van der Waals surface area (Å²) in [6.07, 6.45) is 8.82. The van der Waals surface area contributed by atoms with Gasteiger partial charge < -0.3 is 9.80 Å². The van der Waals surface area contributed by atoms with Crippen LogP contribution in [0.1, 0.15) is 57.9 Å². The molecular formula is C24H31N3O. The highest BCUT2D eigenvalue weighted by molar-refractivity contribution is 6.33. The molecule has 3 aliphatic rings. The first-order chi connectivity index (χ1) is 13.6. The van der Waals surface area contributed by atoms with Crippen LogP contribution in [0.5, 0.6) is 0 Å². The Morgan fingerprint density at radius 2 is 1.71 bits per heavy atom. The van der Waals surface area contributed by atoms with Crippen LogP contribution >= 0.6 is 0 Å². The van der Waals surface area contributed by atoms with Crippen molar-refractivity contribution < 1.29 is 4.79 Å². The lowest BCUT2D eigenvalue weighted by molar-refractivity contribution is -0.113. The minimum absolute atomic E-state index is 0.00126. The summed E-state index contributed by atoms with van der Waals surface area (Å²) in [7, 11) is 0. The largest absolute Gasteiger partial charge is 0.305 e. The number of para-hydroxylation sites is 1. The number of anilines is 1. The minimum atomic E-state index is -0.00126. The number of carbonyl (C=O) groups is 1. The summed E-state index contributed by atoms with van der Waals surface area (Å²) in [5.41, 5.74) is 2.43. The number of rotatable bonds is 3. The van der Waals surface area contributed by atoms with Gasteiger partial charge in [-0.25, -0.2) is 0 Å². The van der Waals surface area contributed by atoms with E-state index in [1.807, 2.05) is 35.2 Å². The van der Waals surface area contributed by atoms with E-state index in [2.05, 4.69) is 18.7 Å². The van der Waals surface area contributed by atoms with Crippen LogP contribution in [-0.4, -0.2) is 36.0 Å². The number of likely N-dealkylation sites (tertiary alicyclic amines) is 1. The van der Waals surface area contributed by atoms with Crippen LogP contribution in [0.2, 0.25) is 0 Å². The first-order valence-electron chi connectivity index (χ1n) is 10.9. The number of nitriles is 1. The number of hydrogen-bond acceptors (Lipinski definition) is 3. The van der Waals surface area contributed by atoms with Gasteiger partial charge in [-0.15, -0.1) is 0 Å². The van der Waals surface area contributed by atoms with Crippen molar-refractivity contribution in [3.05, 3.63) is 35.9 Å². The van der Waals surface area contributed by atoms with Gasteiger partial charge in [0.25, 0.3) is 5.91 Å². The molecule has 1 aromatic rings. The van der Waals surface area contributed by atoms with Crippen molar-refractivity contribution in [2.75, 3.05) is 18.0 Å². The van der Waals surface area contributed by atoms with Crippen molar-refractivity contribution in [3.63, 3.8) is 0 Å². The van der Waals surface area contributed by atoms with Gasteiger partial charge in [0.05, 0.1) is 17.3 Å². The lowest BCUT2D eigenvalue weighted by Gasteiger charge is -2.43. The molecule has 148 valence electrons. The lowest BCUT2D eigenvalue weighted by Crippen LogP contribution is -2.49. The van der Waals surface area contributed by atoms with Crippen molar-refractivity contribution in [2.24, 2.45) is 11.8 Å². The van der Waals surface area contributed by atoms with Crippen LogP contribution in [0.25, 0.3) is 5.57 Å². The number of hydrogen-bond donors (Lipinski definition) is 0. The number of fused-ring (bicyclic) bond motifs is 1. The molecule has 2 heterocycles. The van der Waals surface area contributed by atoms with Crippen LogP contribution in [0, 0.1) is 23.2 Å². The van der Waals surface area contributed by atoms with Gasteiger partial charge in [0, 0.05) is 36.8 Å². The molecule has 0 N–H and O–H groups in total. The summed E-state index contributed by atoms with van der Waals surface area (Å²) in [5.74, 6) is 1.71. The first-order valence-corrected chi connectivity index (χ1v) is 10.9. The molecule has 1 aliphatic carbocycles. The monoisotopic (exact) mass is 377 g/mol. The Kier molecular flexibility index (Phi) is 5.55. The molecule has 4 heteroatoms. The third kappa shape index (κ3) is 3.49. The van der Waals surface area contributed by atoms with Crippen molar-refractivity contribution in [1.82, 2.24) is 4.90 Å². The maximum atomic E-state index is 13.0. The molecule has 1 amide bonds. The van der Waals surface area contributed by atoms with Crippen molar-refractivity contribution >= 4 is 17.2 Å². The summed E-state index contributed by atoms with van der Waals surface area (Å²) in [6, 6.07) is 10.9. The first kappa shape index (κ1) is 19.2. The Morgan fingerprint density at radius 3 is 2.36 bits per heavy atom. The van der Waals surface area contributed by atoms with E-state index in [9.17, 15) is 4.79 Å². The van der Waals surface area contributed by atoms with E-state index >= 15 is 0 Å². The van der Waals surface area contributed by atoms with Crippen LogP contribution in [0.3, 0.4) is 0 Å². The number of benzene rings is 1. The van der Waals surface area contributed by atoms with E-state index in [0.717, 1.165) is 55.1 Å². The molecule has 0 bridgehead atoms. The van der Waals surface area contributed by atoms with Crippen molar-refractivity contribution in [2.45, 2.75) is 64.5 Å². The molecule has 0 aromatic heterocycles. The Bertz CT molecular complexity index is 790. The average molecular weight is 378 g/mol. The molecule has 1 aromatic carbocycles. The fourth-order valence-corrected chi connectivity index (χ4v) is 5.47. The topological polar surface area (TPSA) is 47.3 Å². The van der Waals surface area contributed by atoms with Gasteiger partial charge in [0.1, 0.15) is 0 Å². The number of piperidine rings is 1. The number of allylic oxidation sites excluding steroid dienone is 1. The highest BCUT2D eigenvalue weighted by Gasteiger charge is 2.39. The van der Waals surface area contributed by atoms with E-state index in [4.69, 9.17) is 5.26 Å². The standard InChI is InChI=1S/C24H31N3O/c1-17(2)18-7-9-19(10-8-18)26-15-12-20(13-16-26)27-23-6-4-3-5-21(23)22(11-14-25)24(27)28/h3-6,11,17-20H,7-10,12-13,15-16H2,1-2H3/b22-11-. The molecule has 28 heavy (non-hydrogen) atoms. The van der Waals surface area contributed by atoms with Gasteiger partial charge in [0.2, 0.25) is 0 Å². The van der Waals surface area contributed by atoms with E-state index in [1.165, 1.54) is 31.8 Å². The second-order valence-electron chi connectivity index (χ2n) is 8.96. The maximum Gasteiger partial charge on any atom is 0.259 e. The summed E-state index contributed by atoms with van der Waals surface area (Å²) in [6.45, 7) is 6.86. The highest BCUT2D eigenvalue weighted by Crippen LogP contribution is 2.40. The number of nitrogens with zero attached hydrogens (tertiary/aromatic N) is 3. The van der Waals surface area contributed by atoms with Gasteiger partial charge in [-0.1, -0.05) is 32.0 Å². The van der Waals surface area contributed by atoms with Gasteiger partial charge in [-0.3, -0.25) is 4.79 Å². The van der Waals surface area contributed by atoms with E-state index in [0.29, 0.717) is 5.57 Å². The fraction of sp³-hybridized carbons (Fsp3) is 0.583. The molecule has 2 fully saturated rings. The van der Waals surface area contributed by atoms with Crippen LogP contribution in [-0.2, 0) is 4.79 Å².